The first kappa shape index (κ1) is 13.7. The van der Waals surface area contributed by atoms with Crippen LogP contribution in [-0.2, 0) is 0 Å². The molecule has 2 unspecified atom stereocenters. The normalized spacial score (nSPS) is 29.8. The van der Waals surface area contributed by atoms with Crippen LogP contribution in [0.1, 0.15) is 32.6 Å². The topological polar surface area (TPSA) is 15.3 Å². The summed E-state index contributed by atoms with van der Waals surface area (Å²) >= 11 is 9.71. The molecule has 0 radical (unpaired) electrons. The summed E-state index contributed by atoms with van der Waals surface area (Å²) in [5, 5.41) is 4.43. The summed E-state index contributed by atoms with van der Waals surface area (Å²) in [4.78, 5) is 2.60. The van der Waals surface area contributed by atoms with Gasteiger partial charge in [0.1, 0.15) is 0 Å². The van der Waals surface area contributed by atoms with Gasteiger partial charge in [-0.2, -0.15) is 0 Å². The standard InChI is InChI=1S/C15H20BrClN2/c1-2-18-10-7-11-3-4-12(8-10)19(11)13-5-6-14(16)15(17)9-13/h5-6,9-12,18H,2-4,7-8H2,1H3. The van der Waals surface area contributed by atoms with Crippen molar-refractivity contribution in [3.05, 3.63) is 27.7 Å². The van der Waals surface area contributed by atoms with E-state index in [1.165, 1.54) is 31.4 Å². The Hall–Kier alpha value is -0.250. The molecular formula is C15H20BrClN2. The highest BCUT2D eigenvalue weighted by Gasteiger charge is 2.40. The van der Waals surface area contributed by atoms with Crippen molar-refractivity contribution in [1.82, 2.24) is 5.32 Å². The van der Waals surface area contributed by atoms with Crippen molar-refractivity contribution in [2.45, 2.75) is 50.7 Å². The molecular weight excluding hydrogens is 324 g/mol. The molecule has 2 nitrogen and oxygen atoms in total. The van der Waals surface area contributed by atoms with Crippen molar-refractivity contribution in [3.63, 3.8) is 0 Å². The second kappa shape index (κ2) is 5.63. The predicted octanol–water partition coefficient (Wildman–Crippen LogP) is 4.21. The predicted molar refractivity (Wildman–Crippen MR) is 85.1 cm³/mol. The van der Waals surface area contributed by atoms with Crippen LogP contribution in [0.4, 0.5) is 5.69 Å². The third-order valence-corrected chi connectivity index (χ3v) is 5.66. The van der Waals surface area contributed by atoms with Gasteiger partial charge >= 0.3 is 0 Å². The number of piperidine rings is 1. The molecule has 4 heteroatoms. The average molecular weight is 344 g/mol. The van der Waals surface area contributed by atoms with Gasteiger partial charge in [-0.25, -0.2) is 0 Å². The Labute approximate surface area is 128 Å². The van der Waals surface area contributed by atoms with Gasteiger partial charge in [-0.1, -0.05) is 18.5 Å². The van der Waals surface area contributed by atoms with Gasteiger partial charge in [0, 0.05) is 28.3 Å². The van der Waals surface area contributed by atoms with Crippen LogP contribution in [0.2, 0.25) is 5.02 Å². The highest BCUT2D eigenvalue weighted by Crippen LogP contribution is 2.40. The van der Waals surface area contributed by atoms with Gasteiger partial charge in [0.25, 0.3) is 0 Å². The van der Waals surface area contributed by atoms with Crippen LogP contribution in [0.15, 0.2) is 22.7 Å². The van der Waals surface area contributed by atoms with Crippen molar-refractivity contribution in [3.8, 4) is 0 Å². The first-order chi connectivity index (χ1) is 9.19. The van der Waals surface area contributed by atoms with Crippen LogP contribution in [0.25, 0.3) is 0 Å². The summed E-state index contributed by atoms with van der Waals surface area (Å²) in [6, 6.07) is 8.41. The Bertz CT molecular complexity index is 451. The molecule has 19 heavy (non-hydrogen) atoms. The molecule has 0 spiro atoms. The molecule has 104 valence electrons. The van der Waals surface area contributed by atoms with E-state index in [1.54, 1.807) is 0 Å². The van der Waals surface area contributed by atoms with Gasteiger partial charge in [-0.15, -0.1) is 0 Å². The highest BCUT2D eigenvalue weighted by atomic mass is 79.9. The monoisotopic (exact) mass is 342 g/mol. The number of anilines is 1. The van der Waals surface area contributed by atoms with Gasteiger partial charge in [0.15, 0.2) is 0 Å². The maximum atomic E-state index is 6.24. The zero-order chi connectivity index (χ0) is 13.4. The van der Waals surface area contributed by atoms with Crippen molar-refractivity contribution >= 4 is 33.2 Å². The Balaban J connectivity index is 1.81. The third-order valence-electron chi connectivity index (χ3n) is 4.43. The number of halogens is 2. The summed E-state index contributed by atoms with van der Waals surface area (Å²) in [5.41, 5.74) is 1.29. The minimum absolute atomic E-state index is 0.681. The SMILES string of the molecule is CCNC1CC2CCC(C1)N2c1ccc(Br)c(Cl)c1. The van der Waals surface area contributed by atoms with E-state index in [4.69, 9.17) is 11.6 Å². The molecule has 2 bridgehead atoms. The van der Waals surface area contributed by atoms with E-state index in [0.29, 0.717) is 18.1 Å². The van der Waals surface area contributed by atoms with Crippen LogP contribution in [-0.4, -0.2) is 24.7 Å². The van der Waals surface area contributed by atoms with Gasteiger partial charge in [-0.05, 0) is 66.4 Å². The maximum Gasteiger partial charge on any atom is 0.0568 e. The summed E-state index contributed by atoms with van der Waals surface area (Å²) < 4.78 is 0.979. The average Bonchev–Trinajstić information content (AvgIpc) is 2.65. The number of fused-ring (bicyclic) bond motifs is 2. The molecule has 0 aliphatic carbocycles. The molecule has 2 atom stereocenters. The number of hydrogen-bond acceptors (Lipinski definition) is 2. The van der Waals surface area contributed by atoms with E-state index >= 15 is 0 Å². The molecule has 2 aliphatic heterocycles. The summed E-state index contributed by atoms with van der Waals surface area (Å²) in [6.07, 6.45) is 5.16. The number of hydrogen-bond donors (Lipinski definition) is 1. The van der Waals surface area contributed by atoms with E-state index in [9.17, 15) is 0 Å². The minimum atomic E-state index is 0.681. The first-order valence-electron chi connectivity index (χ1n) is 7.15. The van der Waals surface area contributed by atoms with Crippen LogP contribution in [0, 0.1) is 0 Å². The van der Waals surface area contributed by atoms with E-state index in [-0.39, 0.29) is 0 Å². The fourth-order valence-corrected chi connectivity index (χ4v) is 4.12. The fourth-order valence-electron chi connectivity index (χ4n) is 3.70. The summed E-state index contributed by atoms with van der Waals surface area (Å²) in [5.74, 6) is 0. The summed E-state index contributed by atoms with van der Waals surface area (Å²) in [7, 11) is 0. The first-order valence-corrected chi connectivity index (χ1v) is 8.33. The molecule has 2 saturated heterocycles. The van der Waals surface area contributed by atoms with Gasteiger partial charge < -0.3 is 10.2 Å². The minimum Gasteiger partial charge on any atom is -0.365 e. The fraction of sp³-hybridized carbons (Fsp3) is 0.600. The quantitative estimate of drug-likeness (QED) is 0.884. The maximum absolute atomic E-state index is 6.24. The van der Waals surface area contributed by atoms with Crippen LogP contribution in [0.5, 0.6) is 0 Å². The van der Waals surface area contributed by atoms with Gasteiger partial charge in [0.2, 0.25) is 0 Å². The van der Waals surface area contributed by atoms with Crippen LogP contribution in [0.3, 0.4) is 0 Å². The number of rotatable bonds is 3. The number of benzene rings is 1. The van der Waals surface area contributed by atoms with E-state index in [0.717, 1.165) is 16.0 Å². The van der Waals surface area contributed by atoms with E-state index in [1.807, 2.05) is 0 Å². The van der Waals surface area contributed by atoms with Crippen molar-refractivity contribution < 1.29 is 0 Å². The largest absolute Gasteiger partial charge is 0.365 e. The third kappa shape index (κ3) is 2.65. The van der Waals surface area contributed by atoms with Crippen LogP contribution >= 0.6 is 27.5 Å². The Kier molecular flexibility index (Phi) is 4.06. The second-order valence-electron chi connectivity index (χ2n) is 5.62. The Morgan fingerprint density at radius 2 is 2.00 bits per heavy atom. The molecule has 1 aromatic rings. The van der Waals surface area contributed by atoms with E-state index < -0.39 is 0 Å². The molecule has 0 amide bonds. The molecule has 0 saturated carbocycles. The van der Waals surface area contributed by atoms with Gasteiger partial charge in [0.05, 0.1) is 5.02 Å². The second-order valence-corrected chi connectivity index (χ2v) is 6.88. The van der Waals surface area contributed by atoms with Crippen LogP contribution < -0.4 is 10.2 Å². The molecule has 2 fully saturated rings. The molecule has 1 aromatic carbocycles. The van der Waals surface area contributed by atoms with Crippen molar-refractivity contribution in [2.24, 2.45) is 0 Å². The zero-order valence-corrected chi connectivity index (χ0v) is 13.5. The molecule has 2 heterocycles. The lowest BCUT2D eigenvalue weighted by Gasteiger charge is -2.41. The molecule has 2 aliphatic rings. The summed E-state index contributed by atoms with van der Waals surface area (Å²) in [6.45, 7) is 3.27. The number of nitrogens with zero attached hydrogens (tertiary/aromatic N) is 1. The van der Waals surface area contributed by atoms with E-state index in [2.05, 4.69) is 51.3 Å². The smallest absolute Gasteiger partial charge is 0.0568 e. The van der Waals surface area contributed by atoms with Crippen molar-refractivity contribution in [2.75, 3.05) is 11.4 Å². The van der Waals surface area contributed by atoms with Crippen molar-refractivity contribution in [1.29, 1.82) is 0 Å². The molecule has 0 aromatic heterocycles. The lowest BCUT2D eigenvalue weighted by atomic mass is 9.96. The molecule has 1 N–H and O–H groups in total. The Morgan fingerprint density at radius 1 is 1.32 bits per heavy atom. The zero-order valence-electron chi connectivity index (χ0n) is 11.2. The number of nitrogens with one attached hydrogen (secondary N) is 1. The lowest BCUT2D eigenvalue weighted by Crippen LogP contribution is -2.49. The highest BCUT2D eigenvalue weighted by molar-refractivity contribution is 9.10. The Morgan fingerprint density at radius 3 is 2.58 bits per heavy atom. The lowest BCUT2D eigenvalue weighted by molar-refractivity contribution is 0.361. The van der Waals surface area contributed by atoms with Gasteiger partial charge in [-0.3, -0.25) is 0 Å². The molecule has 3 rings (SSSR count).